The van der Waals surface area contributed by atoms with Crippen LogP contribution in [0, 0.1) is 11.8 Å². The van der Waals surface area contributed by atoms with Crippen molar-refractivity contribution in [1.29, 1.82) is 0 Å². The van der Waals surface area contributed by atoms with Crippen LogP contribution in [0.15, 0.2) is 12.2 Å². The Bertz CT molecular complexity index is 861. The van der Waals surface area contributed by atoms with Gasteiger partial charge in [0.25, 0.3) is 0 Å². The van der Waals surface area contributed by atoms with Crippen LogP contribution >= 0.6 is 0 Å². The molecule has 0 aromatic rings. The summed E-state index contributed by atoms with van der Waals surface area (Å²) in [5.41, 5.74) is 0. The van der Waals surface area contributed by atoms with Crippen molar-refractivity contribution >= 4 is 32.0 Å². The molecule has 2 aliphatic rings. The molecule has 2 N–H and O–H groups in total. The van der Waals surface area contributed by atoms with Gasteiger partial charge in [0.05, 0.1) is 23.6 Å². The maximum absolute atomic E-state index is 12.3. The highest BCUT2D eigenvalue weighted by atomic mass is 32.2. The van der Waals surface area contributed by atoms with Crippen LogP contribution in [0.3, 0.4) is 0 Å². The fourth-order valence-electron chi connectivity index (χ4n) is 4.75. The molecule has 0 bridgehead atoms. The zero-order valence-electron chi connectivity index (χ0n) is 21.4. The van der Waals surface area contributed by atoms with Gasteiger partial charge in [-0.3, -0.25) is 0 Å². The molecule has 0 spiro atoms. The number of hydrogen-bond acceptors (Lipinski definition) is 8. The van der Waals surface area contributed by atoms with E-state index in [0.29, 0.717) is 0 Å². The van der Waals surface area contributed by atoms with Crippen molar-refractivity contribution in [2.45, 2.75) is 90.1 Å². The average Bonchev–Trinajstić information content (AvgIpc) is 2.80. The van der Waals surface area contributed by atoms with Crippen LogP contribution in [-0.2, 0) is 39.1 Å². The average molecular weight is 551 g/mol. The van der Waals surface area contributed by atoms with Crippen LogP contribution in [0.1, 0.15) is 78.1 Å². The molecule has 0 aromatic carbocycles. The van der Waals surface area contributed by atoms with Crippen LogP contribution in [0.4, 0.5) is 0 Å². The Morgan fingerprint density at radius 1 is 0.694 bits per heavy atom. The summed E-state index contributed by atoms with van der Waals surface area (Å²) < 4.78 is 64.3. The fourth-order valence-corrected chi connectivity index (χ4v) is 8.21. The van der Waals surface area contributed by atoms with Gasteiger partial charge in [-0.25, -0.2) is 35.9 Å². The first-order valence-corrected chi connectivity index (χ1v) is 16.3. The fraction of sp³-hybridized carbons (Fsp3) is 0.833. The molecule has 36 heavy (non-hydrogen) atoms. The highest BCUT2D eigenvalue weighted by Crippen LogP contribution is 2.25. The second kappa shape index (κ2) is 15.0. The molecule has 0 radical (unpaired) electrons. The molecule has 208 valence electrons. The van der Waals surface area contributed by atoms with Gasteiger partial charge in [-0.2, -0.15) is 0 Å². The Morgan fingerprint density at radius 2 is 1.03 bits per heavy atom. The van der Waals surface area contributed by atoms with Crippen molar-refractivity contribution in [2.75, 3.05) is 24.7 Å². The number of nitrogens with one attached hydrogen (secondary N) is 2. The van der Waals surface area contributed by atoms with E-state index in [0.717, 1.165) is 76.4 Å². The smallest absolute Gasteiger partial charge is 0.331 e. The van der Waals surface area contributed by atoms with E-state index in [1.807, 2.05) is 0 Å². The van der Waals surface area contributed by atoms with Crippen LogP contribution in [0.5, 0.6) is 0 Å². The van der Waals surface area contributed by atoms with Gasteiger partial charge in [-0.1, -0.05) is 38.5 Å². The standard InChI is InChI=1S/C24H42N2O8S2/c1-19(25-35(29,30)17-21-9-5-3-6-10-21)15-33-23(27)13-14-24(28)34-16-20(2)26-36(31,32)18-22-11-7-4-8-12-22/h13-14,19-22,25-26H,3-12,15-18H2,1-2H3/b14-13+/t19-,20-/m0/s1. The largest absolute Gasteiger partial charge is 0.461 e. The predicted octanol–water partition coefficient (Wildman–Crippen LogP) is 2.41. The van der Waals surface area contributed by atoms with Crippen molar-refractivity contribution in [1.82, 2.24) is 9.44 Å². The molecule has 0 saturated heterocycles. The second-order valence-electron chi connectivity index (χ2n) is 10.2. The molecule has 0 heterocycles. The third kappa shape index (κ3) is 13.2. The number of esters is 2. The van der Waals surface area contributed by atoms with E-state index in [2.05, 4.69) is 9.44 Å². The van der Waals surface area contributed by atoms with Crippen molar-refractivity contribution in [2.24, 2.45) is 11.8 Å². The van der Waals surface area contributed by atoms with Crippen molar-refractivity contribution < 1.29 is 35.9 Å². The second-order valence-corrected chi connectivity index (χ2v) is 13.8. The molecular weight excluding hydrogens is 508 g/mol. The van der Waals surface area contributed by atoms with Gasteiger partial charge in [0.1, 0.15) is 13.2 Å². The third-order valence-electron chi connectivity index (χ3n) is 6.43. The lowest BCUT2D eigenvalue weighted by atomic mass is 9.91. The molecule has 0 unspecified atom stereocenters. The molecule has 2 saturated carbocycles. The van der Waals surface area contributed by atoms with Crippen molar-refractivity contribution in [3.63, 3.8) is 0 Å². The topological polar surface area (TPSA) is 145 Å². The van der Waals surface area contributed by atoms with Crippen LogP contribution in [-0.4, -0.2) is 65.6 Å². The van der Waals surface area contributed by atoms with E-state index < -0.39 is 44.1 Å². The molecule has 2 rings (SSSR count). The van der Waals surface area contributed by atoms with Gasteiger partial charge in [0.2, 0.25) is 20.0 Å². The Labute approximate surface area is 216 Å². The SMILES string of the molecule is C[C@@H](COC(=O)/C=C/C(=O)OC[C@H](C)NS(=O)(=O)CC1CCCCC1)NS(=O)(=O)CC1CCCCC1. The number of carbonyl (C=O) groups is 2. The Kier molecular flexibility index (Phi) is 12.8. The number of rotatable bonds is 14. The molecule has 2 aliphatic carbocycles. The lowest BCUT2D eigenvalue weighted by Crippen LogP contribution is -2.39. The summed E-state index contributed by atoms with van der Waals surface area (Å²) in [6.45, 7) is 2.84. The summed E-state index contributed by atoms with van der Waals surface area (Å²) >= 11 is 0. The van der Waals surface area contributed by atoms with Crippen molar-refractivity contribution in [3.05, 3.63) is 12.2 Å². The van der Waals surface area contributed by atoms with E-state index >= 15 is 0 Å². The first-order chi connectivity index (χ1) is 16.9. The van der Waals surface area contributed by atoms with E-state index in [9.17, 15) is 26.4 Å². The molecular formula is C24H42N2O8S2. The Hall–Kier alpha value is -1.50. The first kappa shape index (κ1) is 30.7. The van der Waals surface area contributed by atoms with Gasteiger partial charge < -0.3 is 9.47 Å². The van der Waals surface area contributed by atoms with Crippen LogP contribution < -0.4 is 9.44 Å². The lowest BCUT2D eigenvalue weighted by Gasteiger charge is -2.22. The van der Waals surface area contributed by atoms with Gasteiger partial charge in [0, 0.05) is 12.2 Å². The summed E-state index contributed by atoms with van der Waals surface area (Å²) in [5, 5.41) is 0. The molecule has 12 heteroatoms. The molecule has 0 amide bonds. The summed E-state index contributed by atoms with van der Waals surface area (Å²) in [6.07, 6.45) is 11.9. The Morgan fingerprint density at radius 3 is 1.36 bits per heavy atom. The highest BCUT2D eigenvalue weighted by molar-refractivity contribution is 7.89. The number of ether oxygens (including phenoxy) is 2. The van der Waals surface area contributed by atoms with E-state index in [1.54, 1.807) is 13.8 Å². The summed E-state index contributed by atoms with van der Waals surface area (Å²) in [7, 11) is -6.95. The van der Waals surface area contributed by atoms with E-state index in [1.165, 1.54) is 0 Å². The number of carbonyl (C=O) groups excluding carboxylic acids is 2. The van der Waals surface area contributed by atoms with Gasteiger partial charge >= 0.3 is 11.9 Å². The normalized spacial score (nSPS) is 20.2. The first-order valence-electron chi connectivity index (χ1n) is 13.0. The third-order valence-corrected chi connectivity index (χ3v) is 9.77. The molecule has 0 aliphatic heterocycles. The quantitative estimate of drug-likeness (QED) is 0.248. The zero-order valence-corrected chi connectivity index (χ0v) is 23.1. The molecule has 10 nitrogen and oxygen atoms in total. The maximum Gasteiger partial charge on any atom is 0.331 e. The van der Waals surface area contributed by atoms with E-state index in [-0.39, 0.29) is 36.6 Å². The highest BCUT2D eigenvalue weighted by Gasteiger charge is 2.24. The lowest BCUT2D eigenvalue weighted by molar-refractivity contribution is -0.141. The minimum Gasteiger partial charge on any atom is -0.461 e. The molecule has 2 fully saturated rings. The van der Waals surface area contributed by atoms with Crippen LogP contribution in [0.2, 0.25) is 0 Å². The summed E-state index contributed by atoms with van der Waals surface area (Å²) in [6, 6.07) is -1.21. The number of sulfonamides is 2. The zero-order chi connectivity index (χ0) is 26.6. The molecule has 2 atom stereocenters. The van der Waals surface area contributed by atoms with Gasteiger partial charge in [0.15, 0.2) is 0 Å². The maximum atomic E-state index is 12.3. The predicted molar refractivity (Wildman–Crippen MR) is 137 cm³/mol. The minimum atomic E-state index is -3.47. The number of hydrogen-bond donors (Lipinski definition) is 2. The summed E-state index contributed by atoms with van der Waals surface area (Å²) in [5.74, 6) is -1.15. The van der Waals surface area contributed by atoms with E-state index in [4.69, 9.17) is 9.47 Å². The molecule has 0 aromatic heterocycles. The Balaban J connectivity index is 1.63. The van der Waals surface area contributed by atoms with Crippen molar-refractivity contribution in [3.8, 4) is 0 Å². The monoisotopic (exact) mass is 550 g/mol. The van der Waals surface area contributed by atoms with Crippen LogP contribution in [0.25, 0.3) is 0 Å². The summed E-state index contributed by atoms with van der Waals surface area (Å²) in [4.78, 5) is 23.7. The van der Waals surface area contributed by atoms with Gasteiger partial charge in [-0.05, 0) is 51.4 Å². The van der Waals surface area contributed by atoms with Gasteiger partial charge in [-0.15, -0.1) is 0 Å². The minimum absolute atomic E-state index is 0.0756.